The molecular formula is C32H38Br4N8O4S2. The lowest BCUT2D eigenvalue weighted by atomic mass is 10.2. The summed E-state index contributed by atoms with van der Waals surface area (Å²) in [4.78, 5) is 7.98. The van der Waals surface area contributed by atoms with Crippen molar-refractivity contribution >= 4 is 83.8 Å². The Balaban J connectivity index is 0.000000225. The molecule has 4 atom stereocenters. The molecule has 0 aliphatic carbocycles. The monoisotopic (exact) mass is 978 g/mol. The van der Waals surface area contributed by atoms with E-state index < -0.39 is 20.0 Å². The fraction of sp³-hybridized carbons (Fsp3) is 0.500. The molecule has 0 unspecified atom stereocenters. The molecule has 3 heterocycles. The number of rotatable bonds is 11. The lowest BCUT2D eigenvalue weighted by Crippen LogP contribution is -2.36. The van der Waals surface area contributed by atoms with Crippen molar-refractivity contribution in [2.45, 2.75) is 59.6 Å². The summed E-state index contributed by atoms with van der Waals surface area (Å²) < 4.78 is 58.7. The number of sulfonamides is 2. The normalized spacial score (nSPS) is 22.5. The smallest absolute Gasteiger partial charge is 0.242 e. The van der Waals surface area contributed by atoms with Crippen LogP contribution in [0.15, 0.2) is 64.1 Å². The molecular weight excluding hydrogens is 944 g/mol. The number of terminal acetylenes is 1. The van der Waals surface area contributed by atoms with E-state index in [0.717, 1.165) is 19.6 Å². The topological polar surface area (TPSA) is 153 Å². The first-order valence-corrected chi connectivity index (χ1v) is 21.9. The van der Waals surface area contributed by atoms with Crippen molar-refractivity contribution in [3.05, 3.63) is 54.3 Å². The maximum Gasteiger partial charge on any atom is 0.242 e. The second-order valence-electron chi connectivity index (χ2n) is 12.5. The Morgan fingerprint density at radius 3 is 1.74 bits per heavy atom. The fourth-order valence-corrected chi connectivity index (χ4v) is 11.9. The van der Waals surface area contributed by atoms with Crippen LogP contribution >= 0.6 is 63.7 Å². The van der Waals surface area contributed by atoms with Gasteiger partial charge in [0.2, 0.25) is 20.0 Å². The molecule has 0 radical (unpaired) electrons. The number of benzene rings is 2. The highest BCUT2D eigenvalue weighted by Crippen LogP contribution is 2.29. The summed E-state index contributed by atoms with van der Waals surface area (Å²) >= 11 is 13.2. The summed E-state index contributed by atoms with van der Waals surface area (Å²) in [5.41, 5.74) is 0. The van der Waals surface area contributed by atoms with Gasteiger partial charge in [0, 0.05) is 56.2 Å². The van der Waals surface area contributed by atoms with Crippen LogP contribution in [0, 0.1) is 35.3 Å². The standard InChI is InChI=1S/C16H20Br2N4O2S.C16H18Br2N4O2S/c17-12-3-4-15(18)16(7-12)25(23,24)20-13-8-14(22(9-13)11-19)10-21-5-1-2-6-21;1-3-6-21(2)10-14-8-13(9-22(14)11-19)20-25(23,24)16-7-12(17)4-5-15(16)18/h3-4,7,13-14,20H,1-2,5-6,8-10H2;1,4-5,7,13-14,20H,6,8-10H2,2H3/t2*13-,14-/m11/s1. The number of nitriles is 2. The van der Waals surface area contributed by atoms with Gasteiger partial charge in [0.05, 0.1) is 28.4 Å². The second kappa shape index (κ2) is 18.3. The van der Waals surface area contributed by atoms with E-state index in [9.17, 15) is 27.4 Å². The molecule has 0 amide bonds. The van der Waals surface area contributed by atoms with Gasteiger partial charge in [-0.3, -0.25) is 4.90 Å². The first-order valence-electron chi connectivity index (χ1n) is 15.8. The van der Waals surface area contributed by atoms with Gasteiger partial charge in [0.1, 0.15) is 0 Å². The first-order chi connectivity index (χ1) is 23.6. The van der Waals surface area contributed by atoms with Crippen LogP contribution in [-0.2, 0) is 20.0 Å². The van der Waals surface area contributed by atoms with Gasteiger partial charge < -0.3 is 14.7 Å². The van der Waals surface area contributed by atoms with Gasteiger partial charge in [0.25, 0.3) is 0 Å². The maximum atomic E-state index is 12.7. The predicted octanol–water partition coefficient (Wildman–Crippen LogP) is 4.49. The van der Waals surface area contributed by atoms with E-state index in [4.69, 9.17) is 6.42 Å². The molecule has 3 aliphatic rings. The zero-order valence-corrected chi connectivity index (χ0v) is 35.3. The van der Waals surface area contributed by atoms with E-state index in [2.05, 4.69) is 96.4 Å². The summed E-state index contributed by atoms with van der Waals surface area (Å²) in [7, 11) is -5.47. The van der Waals surface area contributed by atoms with E-state index >= 15 is 0 Å². The highest BCUT2D eigenvalue weighted by Gasteiger charge is 2.37. The summed E-state index contributed by atoms with van der Waals surface area (Å²) in [5, 5.41) is 18.7. The Labute approximate surface area is 329 Å². The minimum absolute atomic E-state index is 0.0676. The van der Waals surface area contributed by atoms with Crippen molar-refractivity contribution in [1.82, 2.24) is 29.0 Å². The number of halogens is 4. The molecule has 3 fully saturated rings. The number of likely N-dealkylation sites (N-methyl/N-ethyl adjacent to an activating group) is 1. The third-order valence-corrected chi connectivity index (χ3v) is 14.7. The van der Waals surface area contributed by atoms with Crippen molar-refractivity contribution in [3.63, 3.8) is 0 Å². The number of likely N-dealkylation sites (tertiary alicyclic amines) is 3. The van der Waals surface area contributed by atoms with Crippen LogP contribution in [0.2, 0.25) is 0 Å². The zero-order chi connectivity index (χ0) is 36.6. The largest absolute Gasteiger partial charge is 0.305 e. The predicted molar refractivity (Wildman–Crippen MR) is 205 cm³/mol. The summed E-state index contributed by atoms with van der Waals surface area (Å²) in [6.45, 7) is 4.81. The molecule has 0 bridgehead atoms. The van der Waals surface area contributed by atoms with Crippen LogP contribution < -0.4 is 9.44 Å². The third-order valence-electron chi connectivity index (χ3n) is 8.65. The zero-order valence-electron chi connectivity index (χ0n) is 27.3. The van der Waals surface area contributed by atoms with E-state index in [0.29, 0.717) is 56.9 Å². The second-order valence-corrected chi connectivity index (χ2v) is 19.4. The molecule has 3 saturated heterocycles. The Kier molecular flexibility index (Phi) is 15.0. The lowest BCUT2D eigenvalue weighted by molar-refractivity contribution is 0.243. The quantitative estimate of drug-likeness (QED) is 0.244. The van der Waals surface area contributed by atoms with Gasteiger partial charge in [-0.2, -0.15) is 10.5 Å². The fourth-order valence-electron chi connectivity index (χ4n) is 6.37. The summed E-state index contributed by atoms with van der Waals surface area (Å²) in [6, 6.07) is 9.44. The van der Waals surface area contributed by atoms with Gasteiger partial charge in [-0.1, -0.05) is 37.8 Å². The van der Waals surface area contributed by atoms with Crippen LogP contribution in [0.25, 0.3) is 0 Å². The molecule has 5 rings (SSSR count). The molecule has 2 aromatic carbocycles. The minimum atomic E-state index is -3.70. The third kappa shape index (κ3) is 11.1. The lowest BCUT2D eigenvalue weighted by Gasteiger charge is -2.23. The van der Waals surface area contributed by atoms with E-state index in [1.54, 1.807) is 46.2 Å². The van der Waals surface area contributed by atoms with Crippen molar-refractivity contribution in [1.29, 1.82) is 10.5 Å². The van der Waals surface area contributed by atoms with Crippen LogP contribution in [-0.4, -0.2) is 113 Å². The Morgan fingerprint density at radius 1 is 0.820 bits per heavy atom. The number of hydrogen-bond donors (Lipinski definition) is 2. The molecule has 0 saturated carbocycles. The highest BCUT2D eigenvalue weighted by molar-refractivity contribution is 9.11. The summed E-state index contributed by atoms with van der Waals surface area (Å²) in [5.74, 6) is 2.56. The Hall–Kier alpha value is -1.76. The Morgan fingerprint density at radius 2 is 1.28 bits per heavy atom. The summed E-state index contributed by atoms with van der Waals surface area (Å²) in [6.07, 6.45) is 13.3. The van der Waals surface area contributed by atoms with Crippen LogP contribution in [0.3, 0.4) is 0 Å². The van der Waals surface area contributed by atoms with Gasteiger partial charge in [-0.15, -0.1) is 6.42 Å². The van der Waals surface area contributed by atoms with E-state index in [1.165, 1.54) is 12.8 Å². The van der Waals surface area contributed by atoms with Crippen molar-refractivity contribution in [3.8, 4) is 24.7 Å². The maximum absolute atomic E-state index is 12.7. The van der Waals surface area contributed by atoms with Gasteiger partial charge in [-0.25, -0.2) is 26.3 Å². The van der Waals surface area contributed by atoms with Crippen LogP contribution in [0.5, 0.6) is 0 Å². The SMILES string of the molecule is C#CCN(C)C[C@H]1C[C@@H](NS(=O)(=O)c2cc(Br)ccc2Br)CN1C#N.N#CN1C[C@H](NS(=O)(=O)c2cc(Br)ccc2Br)C[C@@H]1CN1CCCC1. The molecule has 12 nitrogen and oxygen atoms in total. The molecule has 270 valence electrons. The number of nitrogens with zero attached hydrogens (tertiary/aromatic N) is 6. The average molecular weight is 982 g/mol. The van der Waals surface area contributed by atoms with Crippen molar-refractivity contribution in [2.75, 3.05) is 52.9 Å². The molecule has 0 spiro atoms. The molecule has 0 aromatic heterocycles. The van der Waals surface area contributed by atoms with Gasteiger partial charge >= 0.3 is 0 Å². The molecule has 2 N–H and O–H groups in total. The highest BCUT2D eigenvalue weighted by atomic mass is 79.9. The van der Waals surface area contributed by atoms with Crippen LogP contribution in [0.1, 0.15) is 25.7 Å². The average Bonchev–Trinajstić information content (AvgIpc) is 3.80. The van der Waals surface area contributed by atoms with Gasteiger partial charge in [-0.05, 0) is 114 Å². The Bertz CT molecular complexity index is 1860. The van der Waals surface area contributed by atoms with E-state index in [1.807, 2.05) is 11.9 Å². The van der Waals surface area contributed by atoms with Crippen molar-refractivity contribution in [2.24, 2.45) is 0 Å². The van der Waals surface area contributed by atoms with E-state index in [-0.39, 0.29) is 34.0 Å². The first kappa shape index (κ1) is 41.0. The molecule has 18 heteroatoms. The van der Waals surface area contributed by atoms with Crippen LogP contribution in [0.4, 0.5) is 0 Å². The molecule has 3 aliphatic heterocycles. The number of nitrogens with one attached hydrogen (secondary N) is 2. The van der Waals surface area contributed by atoms with Gasteiger partial charge in [0.15, 0.2) is 12.4 Å². The molecule has 2 aromatic rings. The molecule has 50 heavy (non-hydrogen) atoms. The minimum Gasteiger partial charge on any atom is -0.305 e. The van der Waals surface area contributed by atoms with Crippen molar-refractivity contribution < 1.29 is 16.8 Å². The number of hydrogen-bond acceptors (Lipinski definition) is 10.